The van der Waals surface area contributed by atoms with E-state index in [1.807, 2.05) is 0 Å². The number of aryl methyl sites for hydroxylation is 3. The molecule has 0 saturated carbocycles. The molecule has 0 fully saturated rings. The number of aliphatic hydroxyl groups is 1. The number of ether oxygens (including phenoxy) is 2. The molecule has 0 aliphatic rings. The summed E-state index contributed by atoms with van der Waals surface area (Å²) < 4.78 is 50.8. The first-order valence-electron chi connectivity index (χ1n) is 11.9. The highest BCUT2D eigenvalue weighted by atomic mass is 35.5. The molecular weight excluding hydrogens is 541 g/mol. The zero-order valence-corrected chi connectivity index (χ0v) is 21.9. The predicted octanol–water partition coefficient (Wildman–Crippen LogP) is 3.29. The Labute approximate surface area is 225 Å². The number of aliphatic hydroxyl groups excluding tert-OH is 1. The lowest BCUT2D eigenvalue weighted by atomic mass is 10.1. The summed E-state index contributed by atoms with van der Waals surface area (Å²) in [6.07, 6.45) is -5.37. The second-order valence-corrected chi connectivity index (χ2v) is 9.41. The molecule has 4 aromatic rings. The molecule has 39 heavy (non-hydrogen) atoms. The van der Waals surface area contributed by atoms with Crippen LogP contribution in [0.5, 0.6) is 5.75 Å². The summed E-state index contributed by atoms with van der Waals surface area (Å²) in [5, 5.41) is 10.7. The minimum atomic E-state index is -4.81. The summed E-state index contributed by atoms with van der Waals surface area (Å²) in [4.78, 5) is 31.1. The molecule has 13 heteroatoms. The fourth-order valence-electron chi connectivity index (χ4n) is 4.32. The summed E-state index contributed by atoms with van der Waals surface area (Å²) in [5.41, 5.74) is 0.399. The number of fused-ring (bicyclic) bond motifs is 1. The van der Waals surface area contributed by atoms with E-state index in [4.69, 9.17) is 16.3 Å². The molecule has 0 aliphatic heterocycles. The van der Waals surface area contributed by atoms with Crippen LogP contribution < -0.4 is 16.0 Å². The van der Waals surface area contributed by atoms with Crippen LogP contribution in [0.2, 0.25) is 5.02 Å². The van der Waals surface area contributed by atoms with Crippen LogP contribution in [0.1, 0.15) is 17.0 Å². The number of rotatable bonds is 10. The molecule has 2 aromatic carbocycles. The van der Waals surface area contributed by atoms with Gasteiger partial charge in [-0.2, -0.15) is 0 Å². The van der Waals surface area contributed by atoms with E-state index in [2.05, 4.69) is 9.72 Å². The molecule has 2 aromatic heterocycles. The molecular formula is C26H26ClF3N4O5. The predicted molar refractivity (Wildman–Crippen MR) is 138 cm³/mol. The van der Waals surface area contributed by atoms with Crippen molar-refractivity contribution in [2.75, 3.05) is 13.7 Å². The van der Waals surface area contributed by atoms with E-state index in [1.54, 1.807) is 34.9 Å². The van der Waals surface area contributed by atoms with Crippen molar-refractivity contribution in [3.63, 3.8) is 0 Å². The molecule has 1 atom stereocenters. The van der Waals surface area contributed by atoms with Crippen LogP contribution in [0.4, 0.5) is 13.2 Å². The van der Waals surface area contributed by atoms with Gasteiger partial charge in [-0.3, -0.25) is 13.9 Å². The molecule has 4 rings (SSSR count). The van der Waals surface area contributed by atoms with Crippen LogP contribution in [0, 0.1) is 0 Å². The molecule has 2 heterocycles. The number of halogens is 4. The van der Waals surface area contributed by atoms with Crippen LogP contribution in [-0.2, 0) is 37.7 Å². The van der Waals surface area contributed by atoms with Gasteiger partial charge in [-0.15, -0.1) is 13.2 Å². The van der Waals surface area contributed by atoms with Crippen molar-refractivity contribution in [1.82, 2.24) is 18.7 Å². The van der Waals surface area contributed by atoms with Gasteiger partial charge in [-0.05, 0) is 41.8 Å². The topological polar surface area (TPSA) is 101 Å². The number of nitrogens with zero attached hydrogens (tertiary/aromatic N) is 4. The molecule has 1 N–H and O–H groups in total. The highest BCUT2D eigenvalue weighted by Crippen LogP contribution is 2.24. The van der Waals surface area contributed by atoms with Crippen LogP contribution in [0.3, 0.4) is 0 Å². The van der Waals surface area contributed by atoms with E-state index in [0.717, 1.165) is 10.1 Å². The Hall–Kier alpha value is -3.61. The smallest absolute Gasteiger partial charge is 0.406 e. The summed E-state index contributed by atoms with van der Waals surface area (Å²) in [6.45, 7) is -0.128. The van der Waals surface area contributed by atoms with Crippen molar-refractivity contribution >= 4 is 22.8 Å². The maximum absolute atomic E-state index is 13.6. The minimum Gasteiger partial charge on any atom is -0.406 e. The van der Waals surface area contributed by atoms with Gasteiger partial charge in [0.25, 0.3) is 5.56 Å². The van der Waals surface area contributed by atoms with Crippen LogP contribution in [-0.4, -0.2) is 50.0 Å². The Bertz CT molecular complexity index is 1580. The van der Waals surface area contributed by atoms with Gasteiger partial charge < -0.3 is 19.1 Å². The van der Waals surface area contributed by atoms with Crippen LogP contribution >= 0.6 is 11.6 Å². The number of hydrogen-bond donors (Lipinski definition) is 1. The Balaban J connectivity index is 1.78. The van der Waals surface area contributed by atoms with E-state index < -0.39 is 23.7 Å². The highest BCUT2D eigenvalue weighted by Gasteiger charge is 2.31. The second-order valence-electron chi connectivity index (χ2n) is 8.97. The monoisotopic (exact) mass is 566 g/mol. The zero-order chi connectivity index (χ0) is 28.3. The standard InChI is InChI=1S/C26H26ClF3N4O5/c1-32-23-22(24(36)34(25(32)37)14-19(35)15-38-2)33(13-17-6-9-18(27)10-7-17)21(31-23)11-8-16-4-3-5-20(12-16)39-26(28,29)30/h3-7,9-10,12,19,35H,8,11,13-15H2,1-2H3. The first-order chi connectivity index (χ1) is 18.5. The summed E-state index contributed by atoms with van der Waals surface area (Å²) in [5.74, 6) is 0.110. The lowest BCUT2D eigenvalue weighted by Gasteiger charge is -2.14. The molecule has 0 amide bonds. The maximum atomic E-state index is 13.6. The average Bonchev–Trinajstić information content (AvgIpc) is 3.23. The third-order valence-corrected chi connectivity index (χ3v) is 6.34. The quantitative estimate of drug-likeness (QED) is 0.316. The van der Waals surface area contributed by atoms with Crippen LogP contribution in [0.15, 0.2) is 58.1 Å². The molecule has 208 valence electrons. The minimum absolute atomic E-state index is 0.0694. The van der Waals surface area contributed by atoms with Crippen molar-refractivity contribution in [1.29, 1.82) is 0 Å². The van der Waals surface area contributed by atoms with Gasteiger partial charge in [0.15, 0.2) is 11.2 Å². The van der Waals surface area contributed by atoms with Crippen molar-refractivity contribution < 1.29 is 27.8 Å². The Morgan fingerprint density at radius 3 is 2.44 bits per heavy atom. The van der Waals surface area contributed by atoms with Gasteiger partial charge in [0.2, 0.25) is 0 Å². The fourth-order valence-corrected chi connectivity index (χ4v) is 4.45. The number of imidazole rings is 1. The third kappa shape index (κ3) is 6.70. The lowest BCUT2D eigenvalue weighted by Crippen LogP contribution is -2.43. The largest absolute Gasteiger partial charge is 0.573 e. The molecule has 9 nitrogen and oxygen atoms in total. The van der Waals surface area contributed by atoms with Gasteiger partial charge in [-0.25, -0.2) is 9.78 Å². The van der Waals surface area contributed by atoms with Gasteiger partial charge in [0.05, 0.1) is 19.3 Å². The number of methoxy groups -OCH3 is 1. The zero-order valence-electron chi connectivity index (χ0n) is 21.1. The maximum Gasteiger partial charge on any atom is 0.573 e. The van der Waals surface area contributed by atoms with Crippen molar-refractivity contribution in [2.24, 2.45) is 7.05 Å². The van der Waals surface area contributed by atoms with E-state index in [-0.39, 0.29) is 49.5 Å². The molecule has 0 spiro atoms. The Morgan fingerprint density at radius 1 is 1.05 bits per heavy atom. The van der Waals surface area contributed by atoms with Crippen molar-refractivity contribution in [2.45, 2.75) is 38.4 Å². The third-order valence-electron chi connectivity index (χ3n) is 6.09. The van der Waals surface area contributed by atoms with Crippen molar-refractivity contribution in [3.05, 3.63) is 91.3 Å². The van der Waals surface area contributed by atoms with Gasteiger partial charge in [-0.1, -0.05) is 35.9 Å². The SMILES string of the molecule is COCC(O)Cn1c(=O)c2c(nc(CCc3cccc(OC(F)(F)F)c3)n2Cc2ccc(Cl)cc2)n(C)c1=O. The Kier molecular flexibility index (Phi) is 8.48. The van der Waals surface area contributed by atoms with E-state index in [9.17, 15) is 27.9 Å². The van der Waals surface area contributed by atoms with E-state index in [0.29, 0.717) is 16.4 Å². The van der Waals surface area contributed by atoms with E-state index in [1.165, 1.54) is 36.9 Å². The van der Waals surface area contributed by atoms with Crippen LogP contribution in [0.25, 0.3) is 11.2 Å². The number of alkyl halides is 3. The number of hydrogen-bond acceptors (Lipinski definition) is 6. The molecule has 0 aliphatic carbocycles. The number of benzene rings is 2. The average molecular weight is 567 g/mol. The summed E-state index contributed by atoms with van der Waals surface area (Å²) >= 11 is 6.02. The van der Waals surface area contributed by atoms with Gasteiger partial charge in [0, 0.05) is 32.1 Å². The van der Waals surface area contributed by atoms with Crippen molar-refractivity contribution in [3.8, 4) is 5.75 Å². The molecule has 0 radical (unpaired) electrons. The normalized spacial score (nSPS) is 12.7. The summed E-state index contributed by atoms with van der Waals surface area (Å²) in [6, 6.07) is 12.6. The second kappa shape index (κ2) is 11.6. The van der Waals surface area contributed by atoms with E-state index >= 15 is 0 Å². The molecule has 1 unspecified atom stereocenters. The first kappa shape index (κ1) is 28.4. The first-order valence-corrected chi connectivity index (χ1v) is 12.3. The molecule has 0 saturated heterocycles. The molecule has 0 bridgehead atoms. The Morgan fingerprint density at radius 2 is 1.77 bits per heavy atom. The highest BCUT2D eigenvalue weighted by molar-refractivity contribution is 6.30. The fraction of sp³-hybridized carbons (Fsp3) is 0.346. The number of aromatic nitrogens is 4. The van der Waals surface area contributed by atoms with Gasteiger partial charge in [0.1, 0.15) is 11.6 Å². The van der Waals surface area contributed by atoms with Gasteiger partial charge >= 0.3 is 12.1 Å². The lowest BCUT2D eigenvalue weighted by molar-refractivity contribution is -0.274. The summed E-state index contributed by atoms with van der Waals surface area (Å²) in [7, 11) is 2.87.